The summed E-state index contributed by atoms with van der Waals surface area (Å²) in [6, 6.07) is 0. The summed E-state index contributed by atoms with van der Waals surface area (Å²) in [4.78, 5) is 12.8. The Hall–Kier alpha value is -0.530. The van der Waals surface area contributed by atoms with Gasteiger partial charge in [0.15, 0.2) is 0 Å². The molecule has 0 aliphatic heterocycles. The molecule has 0 aromatic rings. The van der Waals surface area contributed by atoms with Crippen LogP contribution in [0.4, 0.5) is 0 Å². The number of esters is 1. The number of carbonyl (C=O) groups is 1. The van der Waals surface area contributed by atoms with Crippen molar-refractivity contribution in [2.75, 3.05) is 0 Å². The van der Waals surface area contributed by atoms with Gasteiger partial charge in [-0.05, 0) is 68.1 Å². The molecule has 0 heterocycles. The molecule has 4 atom stereocenters. The molecule has 0 spiro atoms. The van der Waals surface area contributed by atoms with Crippen LogP contribution >= 0.6 is 0 Å². The highest BCUT2D eigenvalue weighted by Crippen LogP contribution is 2.58. The molecule has 1 aliphatic carbocycles. The van der Waals surface area contributed by atoms with Crippen LogP contribution in [0, 0.1) is 33.5 Å². The highest BCUT2D eigenvalue weighted by Gasteiger charge is 2.50. The van der Waals surface area contributed by atoms with E-state index in [1.165, 1.54) is 12.8 Å². The van der Waals surface area contributed by atoms with E-state index in [0.29, 0.717) is 5.41 Å². The van der Waals surface area contributed by atoms with Crippen LogP contribution < -0.4 is 0 Å². The molecule has 1 saturated carbocycles. The van der Waals surface area contributed by atoms with E-state index in [2.05, 4.69) is 62.3 Å². The standard InChI is InChI=1S/C22H42O2/c1-15-12-13-22(11,21(15,9)10)14-16(2)24-18(23)20(7,8)17(3)19(4,5)6/h15-17H,12-14H2,1-11H3. The predicted octanol–water partition coefficient (Wildman–Crippen LogP) is 6.48. The van der Waals surface area contributed by atoms with Crippen molar-refractivity contribution < 1.29 is 9.53 Å². The summed E-state index contributed by atoms with van der Waals surface area (Å²) in [5, 5.41) is 0. The third-order valence-corrected chi connectivity index (χ3v) is 7.87. The Kier molecular flexibility index (Phi) is 5.96. The van der Waals surface area contributed by atoms with Gasteiger partial charge in [0.2, 0.25) is 0 Å². The van der Waals surface area contributed by atoms with Gasteiger partial charge >= 0.3 is 5.97 Å². The van der Waals surface area contributed by atoms with Gasteiger partial charge in [0.25, 0.3) is 0 Å². The fraction of sp³-hybridized carbons (Fsp3) is 0.955. The van der Waals surface area contributed by atoms with Crippen LogP contribution in [0.3, 0.4) is 0 Å². The predicted molar refractivity (Wildman–Crippen MR) is 103 cm³/mol. The molecule has 4 unspecified atom stereocenters. The lowest BCUT2D eigenvalue weighted by atomic mass is 9.64. The molecule has 0 N–H and O–H groups in total. The molecule has 0 saturated heterocycles. The van der Waals surface area contributed by atoms with Crippen molar-refractivity contribution in [1.29, 1.82) is 0 Å². The molecule has 24 heavy (non-hydrogen) atoms. The smallest absolute Gasteiger partial charge is 0.312 e. The summed E-state index contributed by atoms with van der Waals surface area (Å²) in [5.41, 5.74) is 0.153. The van der Waals surface area contributed by atoms with E-state index >= 15 is 0 Å². The largest absolute Gasteiger partial charge is 0.462 e. The molecular weight excluding hydrogens is 296 g/mol. The Morgan fingerprint density at radius 2 is 1.62 bits per heavy atom. The van der Waals surface area contributed by atoms with Crippen molar-refractivity contribution in [3.63, 3.8) is 0 Å². The second kappa shape index (κ2) is 6.65. The Morgan fingerprint density at radius 1 is 1.12 bits per heavy atom. The zero-order valence-corrected chi connectivity index (χ0v) is 18.2. The van der Waals surface area contributed by atoms with E-state index in [-0.39, 0.29) is 28.8 Å². The lowest BCUT2D eigenvalue weighted by molar-refractivity contribution is -0.166. The molecule has 0 radical (unpaired) electrons. The van der Waals surface area contributed by atoms with Crippen LogP contribution in [0.15, 0.2) is 0 Å². The second-order valence-electron chi connectivity index (χ2n) is 11.0. The first-order valence-corrected chi connectivity index (χ1v) is 9.77. The maximum Gasteiger partial charge on any atom is 0.312 e. The monoisotopic (exact) mass is 338 g/mol. The van der Waals surface area contributed by atoms with Gasteiger partial charge in [0, 0.05) is 0 Å². The maximum atomic E-state index is 12.8. The molecule has 0 aromatic heterocycles. The summed E-state index contributed by atoms with van der Waals surface area (Å²) in [5.74, 6) is 0.927. The van der Waals surface area contributed by atoms with Crippen LogP contribution in [0.1, 0.15) is 95.4 Å². The number of hydrogen-bond acceptors (Lipinski definition) is 2. The molecule has 2 nitrogen and oxygen atoms in total. The lowest BCUT2D eigenvalue weighted by Crippen LogP contribution is -2.42. The molecule has 142 valence electrons. The van der Waals surface area contributed by atoms with E-state index in [0.717, 1.165) is 12.3 Å². The van der Waals surface area contributed by atoms with Gasteiger partial charge < -0.3 is 4.74 Å². The van der Waals surface area contributed by atoms with Gasteiger partial charge in [-0.1, -0.05) is 55.4 Å². The summed E-state index contributed by atoms with van der Waals surface area (Å²) in [6.07, 6.45) is 3.43. The number of hydrogen-bond donors (Lipinski definition) is 0. The summed E-state index contributed by atoms with van der Waals surface area (Å²) < 4.78 is 5.95. The normalized spacial score (nSPS) is 30.0. The topological polar surface area (TPSA) is 26.3 Å². The minimum Gasteiger partial charge on any atom is -0.462 e. The quantitative estimate of drug-likeness (QED) is 0.536. The SMILES string of the molecule is CC(CC1(C)CCC(C)C1(C)C)OC(=O)C(C)(C)C(C)C(C)(C)C. The fourth-order valence-corrected chi connectivity index (χ4v) is 4.45. The molecule has 0 aromatic carbocycles. The minimum absolute atomic E-state index is 0.0291. The lowest BCUT2D eigenvalue weighted by Gasteiger charge is -2.43. The first-order chi connectivity index (χ1) is 10.6. The number of carbonyl (C=O) groups excluding carboxylic acids is 1. The Labute approximate surface area is 151 Å². The van der Waals surface area contributed by atoms with Crippen LogP contribution in [-0.4, -0.2) is 12.1 Å². The van der Waals surface area contributed by atoms with Gasteiger partial charge in [-0.25, -0.2) is 0 Å². The van der Waals surface area contributed by atoms with Crippen molar-refractivity contribution in [1.82, 2.24) is 0 Å². The Morgan fingerprint density at radius 3 is 2.00 bits per heavy atom. The zero-order valence-electron chi connectivity index (χ0n) is 18.2. The molecule has 0 amide bonds. The van der Waals surface area contributed by atoms with Crippen molar-refractivity contribution >= 4 is 5.97 Å². The third-order valence-electron chi connectivity index (χ3n) is 7.87. The number of rotatable bonds is 5. The second-order valence-corrected chi connectivity index (χ2v) is 11.0. The molecular formula is C22H42O2. The summed E-state index contributed by atoms with van der Waals surface area (Å²) in [7, 11) is 0. The highest BCUT2D eigenvalue weighted by molar-refractivity contribution is 5.76. The third kappa shape index (κ3) is 3.99. The summed E-state index contributed by atoms with van der Waals surface area (Å²) >= 11 is 0. The Balaban J connectivity index is 2.78. The highest BCUT2D eigenvalue weighted by atomic mass is 16.5. The van der Waals surface area contributed by atoms with Gasteiger partial charge in [0.05, 0.1) is 11.5 Å². The van der Waals surface area contributed by atoms with E-state index in [9.17, 15) is 4.79 Å². The first kappa shape index (κ1) is 21.5. The maximum absolute atomic E-state index is 12.8. The average molecular weight is 339 g/mol. The average Bonchev–Trinajstić information content (AvgIpc) is 2.60. The Bertz CT molecular complexity index is 455. The van der Waals surface area contributed by atoms with Gasteiger partial charge in [-0.3, -0.25) is 4.79 Å². The van der Waals surface area contributed by atoms with Gasteiger partial charge in [-0.15, -0.1) is 0 Å². The fourth-order valence-electron chi connectivity index (χ4n) is 4.45. The molecule has 1 fully saturated rings. The number of ether oxygens (including phenoxy) is 1. The van der Waals surface area contributed by atoms with Crippen molar-refractivity contribution in [2.45, 2.75) is 102 Å². The van der Waals surface area contributed by atoms with Crippen molar-refractivity contribution in [2.24, 2.45) is 33.5 Å². The first-order valence-electron chi connectivity index (χ1n) is 9.77. The van der Waals surface area contributed by atoms with Crippen molar-refractivity contribution in [3.8, 4) is 0 Å². The van der Waals surface area contributed by atoms with Crippen LogP contribution in [0.2, 0.25) is 0 Å². The van der Waals surface area contributed by atoms with E-state index in [1.807, 2.05) is 13.8 Å². The summed E-state index contributed by atoms with van der Waals surface area (Å²) in [6.45, 7) is 24.4. The van der Waals surface area contributed by atoms with Gasteiger partial charge in [-0.2, -0.15) is 0 Å². The molecule has 2 heteroatoms. The van der Waals surface area contributed by atoms with E-state index in [4.69, 9.17) is 4.74 Å². The molecule has 1 aliphatic rings. The van der Waals surface area contributed by atoms with Crippen LogP contribution in [-0.2, 0) is 9.53 Å². The minimum atomic E-state index is -0.466. The van der Waals surface area contributed by atoms with E-state index in [1.54, 1.807) is 0 Å². The van der Waals surface area contributed by atoms with Crippen LogP contribution in [0.5, 0.6) is 0 Å². The molecule has 0 bridgehead atoms. The van der Waals surface area contributed by atoms with Crippen LogP contribution in [0.25, 0.3) is 0 Å². The van der Waals surface area contributed by atoms with Gasteiger partial charge in [0.1, 0.15) is 0 Å². The zero-order chi connectivity index (χ0) is 19.1. The van der Waals surface area contributed by atoms with Crippen molar-refractivity contribution in [3.05, 3.63) is 0 Å². The van der Waals surface area contributed by atoms with E-state index < -0.39 is 5.41 Å². The molecule has 1 rings (SSSR count).